The number of sulfonamides is 1. The smallest absolute Gasteiger partial charge is 0.245 e. The minimum atomic E-state index is -3.96. The number of benzene rings is 2. The zero-order valence-electron chi connectivity index (χ0n) is 20.9. The van der Waals surface area contributed by atoms with Crippen LogP contribution in [0.4, 0.5) is 0 Å². The summed E-state index contributed by atoms with van der Waals surface area (Å²) in [6, 6.07) is 8.21. The van der Waals surface area contributed by atoms with Crippen LogP contribution in [0.2, 0.25) is 5.02 Å². The van der Waals surface area contributed by atoms with Gasteiger partial charge in [-0.25, -0.2) is 8.42 Å². The van der Waals surface area contributed by atoms with Gasteiger partial charge >= 0.3 is 0 Å². The number of fused-ring (bicyclic) bond motifs is 1. The molecule has 0 bridgehead atoms. The first kappa shape index (κ1) is 27.7. The van der Waals surface area contributed by atoms with Crippen LogP contribution in [0.25, 0.3) is 10.8 Å². The summed E-state index contributed by atoms with van der Waals surface area (Å²) in [5.41, 5.74) is 0. The van der Waals surface area contributed by atoms with E-state index < -0.39 is 34.1 Å². The maximum absolute atomic E-state index is 13.2. The molecule has 2 aliphatic rings. The van der Waals surface area contributed by atoms with Gasteiger partial charge < -0.3 is 25.0 Å². The molecule has 0 aliphatic carbocycles. The average Bonchev–Trinajstić information content (AvgIpc) is 3.21. The minimum absolute atomic E-state index is 0.0567. The van der Waals surface area contributed by atoms with E-state index in [-0.39, 0.29) is 29.9 Å². The van der Waals surface area contributed by atoms with Crippen LogP contribution in [0.5, 0.6) is 0 Å². The Morgan fingerprint density at radius 2 is 1.92 bits per heavy atom. The normalized spacial score (nSPS) is 22.4. The molecule has 10 nitrogen and oxygen atoms in total. The van der Waals surface area contributed by atoms with Gasteiger partial charge in [-0.1, -0.05) is 23.7 Å². The van der Waals surface area contributed by atoms with Crippen molar-refractivity contribution in [2.75, 3.05) is 39.3 Å². The molecule has 2 fully saturated rings. The second-order valence-electron chi connectivity index (χ2n) is 9.61. The van der Waals surface area contributed by atoms with Gasteiger partial charge in [0.25, 0.3) is 0 Å². The molecule has 2 aromatic carbocycles. The molecule has 3 N–H and O–H groups in total. The lowest BCUT2D eigenvalue weighted by Crippen LogP contribution is -2.55. The van der Waals surface area contributed by atoms with Gasteiger partial charge in [-0.15, -0.1) is 0 Å². The third-order valence-corrected chi connectivity index (χ3v) is 8.41. The monoisotopic (exact) mass is 552 g/mol. The van der Waals surface area contributed by atoms with Gasteiger partial charge in [0.1, 0.15) is 12.1 Å². The molecular weight excluding hydrogens is 520 g/mol. The van der Waals surface area contributed by atoms with Crippen LogP contribution >= 0.6 is 11.6 Å². The second kappa shape index (κ2) is 11.6. The molecule has 2 aromatic rings. The number of aliphatic hydroxyl groups excluding tert-OH is 1. The van der Waals surface area contributed by atoms with E-state index in [2.05, 4.69) is 10.0 Å². The molecular formula is C25H33ClN4O6S. The van der Waals surface area contributed by atoms with Gasteiger partial charge in [-0.2, -0.15) is 4.72 Å². The number of carbonyl (C=O) groups excluding carboxylic acids is 2. The van der Waals surface area contributed by atoms with Gasteiger partial charge in [0.2, 0.25) is 21.8 Å². The van der Waals surface area contributed by atoms with E-state index in [4.69, 9.17) is 16.3 Å². The van der Waals surface area contributed by atoms with E-state index in [1.807, 2.05) is 0 Å². The van der Waals surface area contributed by atoms with Crippen LogP contribution in [0.1, 0.15) is 20.3 Å². The Labute approximate surface area is 221 Å². The maximum atomic E-state index is 13.2. The number of ether oxygens (including phenoxy) is 1. The summed E-state index contributed by atoms with van der Waals surface area (Å²) in [6.45, 7) is 5.73. The topological polar surface area (TPSA) is 128 Å². The van der Waals surface area contributed by atoms with Gasteiger partial charge in [0, 0.05) is 37.7 Å². The van der Waals surface area contributed by atoms with Crippen molar-refractivity contribution in [3.05, 3.63) is 41.4 Å². The zero-order chi connectivity index (χ0) is 26.7. The maximum Gasteiger partial charge on any atom is 0.245 e. The van der Waals surface area contributed by atoms with Crippen molar-refractivity contribution in [2.24, 2.45) is 0 Å². The number of likely N-dealkylation sites (tertiary alicyclic amines) is 1. The summed E-state index contributed by atoms with van der Waals surface area (Å²) >= 11 is 6.01. The molecule has 2 heterocycles. The molecule has 2 unspecified atom stereocenters. The molecule has 2 saturated heterocycles. The van der Waals surface area contributed by atoms with Crippen molar-refractivity contribution in [3.63, 3.8) is 0 Å². The van der Waals surface area contributed by atoms with E-state index in [1.165, 1.54) is 11.0 Å². The first-order valence-electron chi connectivity index (χ1n) is 12.4. The van der Waals surface area contributed by atoms with Crippen LogP contribution in [0, 0.1) is 0 Å². The predicted octanol–water partition coefficient (Wildman–Crippen LogP) is 0.959. The standard InChI is InChI=1S/C25H33ClN4O6S/c1-16(31)13-27-14-21-15-29(9-10-36-21)24(32)17(2)30-8-7-23(25(30)33)28-37(34,35)22-6-4-18-11-20(26)5-3-19(18)12-22/h3-6,11-12,16-17,21,23,27-28,31H,7-10,13-15H2,1-2H3/t16?,17-,21?,23-/m0/s1. The number of amides is 2. The molecule has 0 spiro atoms. The molecule has 0 radical (unpaired) electrons. The Balaban J connectivity index is 1.37. The number of halogens is 1. The molecule has 12 heteroatoms. The van der Waals surface area contributed by atoms with Crippen LogP contribution < -0.4 is 10.0 Å². The quantitative estimate of drug-likeness (QED) is 0.423. The van der Waals surface area contributed by atoms with Crippen molar-refractivity contribution >= 4 is 44.2 Å². The Morgan fingerprint density at radius 3 is 2.68 bits per heavy atom. The highest BCUT2D eigenvalue weighted by molar-refractivity contribution is 7.89. The molecule has 2 aliphatic heterocycles. The SMILES string of the molecule is CC(O)CNCC1CN(C(=O)[C@H](C)N2CC[C@H](NS(=O)(=O)c3ccc4cc(Cl)ccc4c3)C2=O)CCO1. The zero-order valence-corrected chi connectivity index (χ0v) is 22.5. The number of nitrogens with one attached hydrogen (secondary N) is 2. The third kappa shape index (κ3) is 6.60. The molecule has 0 saturated carbocycles. The van der Waals surface area contributed by atoms with Gasteiger partial charge in [0.05, 0.1) is 23.7 Å². The Bertz CT molecular complexity index is 1260. The summed E-state index contributed by atoms with van der Waals surface area (Å²) in [7, 11) is -3.96. The van der Waals surface area contributed by atoms with Gasteiger partial charge in [0.15, 0.2) is 0 Å². The number of carbonyl (C=O) groups is 2. The van der Waals surface area contributed by atoms with Crippen molar-refractivity contribution in [2.45, 2.75) is 49.5 Å². The Morgan fingerprint density at radius 1 is 1.19 bits per heavy atom. The van der Waals surface area contributed by atoms with Crippen LogP contribution in [0.15, 0.2) is 41.3 Å². The number of morpholine rings is 1. The van der Waals surface area contributed by atoms with Crippen molar-refractivity contribution < 1.29 is 27.9 Å². The van der Waals surface area contributed by atoms with E-state index in [9.17, 15) is 23.1 Å². The molecule has 2 amide bonds. The summed E-state index contributed by atoms with van der Waals surface area (Å²) < 4.78 is 34.3. The van der Waals surface area contributed by atoms with E-state index >= 15 is 0 Å². The number of aliphatic hydroxyl groups is 1. The fourth-order valence-electron chi connectivity index (χ4n) is 4.71. The van der Waals surface area contributed by atoms with E-state index in [0.29, 0.717) is 37.8 Å². The minimum Gasteiger partial charge on any atom is -0.392 e. The molecule has 202 valence electrons. The van der Waals surface area contributed by atoms with Gasteiger partial charge in [-0.05, 0) is 55.3 Å². The number of hydrogen-bond donors (Lipinski definition) is 3. The average molecular weight is 553 g/mol. The van der Waals surface area contributed by atoms with Crippen LogP contribution in [-0.2, 0) is 24.3 Å². The highest BCUT2D eigenvalue weighted by Crippen LogP contribution is 2.24. The first-order valence-corrected chi connectivity index (χ1v) is 14.2. The summed E-state index contributed by atoms with van der Waals surface area (Å²) in [6.07, 6.45) is -0.419. The number of nitrogens with zero attached hydrogens (tertiary/aromatic N) is 2. The van der Waals surface area contributed by atoms with E-state index in [1.54, 1.807) is 49.1 Å². The highest BCUT2D eigenvalue weighted by Gasteiger charge is 2.40. The third-order valence-electron chi connectivity index (χ3n) is 6.71. The first-order chi connectivity index (χ1) is 17.5. The molecule has 37 heavy (non-hydrogen) atoms. The summed E-state index contributed by atoms with van der Waals surface area (Å²) in [5, 5.41) is 14.6. The second-order valence-corrected chi connectivity index (χ2v) is 11.8. The summed E-state index contributed by atoms with van der Waals surface area (Å²) in [5.74, 6) is -0.616. The number of hydrogen-bond acceptors (Lipinski definition) is 7. The highest BCUT2D eigenvalue weighted by atomic mass is 35.5. The molecule has 0 aromatic heterocycles. The molecule has 4 rings (SSSR count). The van der Waals surface area contributed by atoms with Crippen LogP contribution in [0.3, 0.4) is 0 Å². The number of rotatable bonds is 9. The van der Waals surface area contributed by atoms with Crippen molar-refractivity contribution in [3.8, 4) is 0 Å². The van der Waals surface area contributed by atoms with Gasteiger partial charge in [-0.3, -0.25) is 9.59 Å². The Hall–Kier alpha value is -2.28. The summed E-state index contributed by atoms with van der Waals surface area (Å²) in [4.78, 5) is 29.5. The van der Waals surface area contributed by atoms with Crippen LogP contribution in [-0.4, -0.2) is 98.8 Å². The largest absolute Gasteiger partial charge is 0.392 e. The predicted molar refractivity (Wildman–Crippen MR) is 140 cm³/mol. The fourth-order valence-corrected chi connectivity index (χ4v) is 6.15. The molecule has 4 atom stereocenters. The lowest BCUT2D eigenvalue weighted by atomic mass is 10.1. The van der Waals surface area contributed by atoms with Crippen molar-refractivity contribution in [1.29, 1.82) is 0 Å². The van der Waals surface area contributed by atoms with Crippen molar-refractivity contribution in [1.82, 2.24) is 19.8 Å². The lowest BCUT2D eigenvalue weighted by Gasteiger charge is -2.36. The Kier molecular flexibility index (Phi) is 8.72. The lowest BCUT2D eigenvalue weighted by molar-refractivity contribution is -0.148. The fraction of sp³-hybridized carbons (Fsp3) is 0.520. The van der Waals surface area contributed by atoms with E-state index in [0.717, 1.165) is 10.8 Å².